The van der Waals surface area contributed by atoms with Crippen molar-refractivity contribution in [3.63, 3.8) is 0 Å². The summed E-state index contributed by atoms with van der Waals surface area (Å²) in [6.45, 7) is 5.36. The van der Waals surface area contributed by atoms with Gasteiger partial charge < -0.3 is 15.1 Å². The molecule has 110 valence electrons. The van der Waals surface area contributed by atoms with Crippen molar-refractivity contribution < 1.29 is 0 Å². The number of nitrogens with zero attached hydrogens (tertiary/aromatic N) is 3. The Morgan fingerprint density at radius 1 is 0.952 bits per heavy atom. The van der Waals surface area contributed by atoms with E-state index in [1.54, 1.807) is 12.4 Å². The first-order chi connectivity index (χ1) is 10.3. The van der Waals surface area contributed by atoms with Crippen LogP contribution in [0.4, 0.5) is 11.4 Å². The van der Waals surface area contributed by atoms with E-state index in [9.17, 15) is 0 Å². The van der Waals surface area contributed by atoms with E-state index in [2.05, 4.69) is 51.4 Å². The Labute approximate surface area is 126 Å². The van der Waals surface area contributed by atoms with Crippen LogP contribution in [0.15, 0.2) is 48.8 Å². The molecule has 1 aromatic heterocycles. The second-order valence-corrected chi connectivity index (χ2v) is 5.55. The number of rotatable bonds is 4. The zero-order valence-corrected chi connectivity index (χ0v) is 12.5. The molecule has 1 aromatic carbocycles. The average molecular weight is 282 g/mol. The van der Waals surface area contributed by atoms with Crippen LogP contribution in [0, 0.1) is 0 Å². The molecule has 0 radical (unpaired) electrons. The number of hydrogen-bond donors (Lipinski definition) is 1. The van der Waals surface area contributed by atoms with E-state index >= 15 is 0 Å². The van der Waals surface area contributed by atoms with Gasteiger partial charge in [0, 0.05) is 56.5 Å². The van der Waals surface area contributed by atoms with Crippen LogP contribution in [-0.4, -0.2) is 43.1 Å². The summed E-state index contributed by atoms with van der Waals surface area (Å²) in [6, 6.07) is 12.9. The topological polar surface area (TPSA) is 31.4 Å². The fourth-order valence-corrected chi connectivity index (χ4v) is 2.56. The Balaban J connectivity index is 1.57. The molecule has 3 rings (SSSR count). The molecule has 0 saturated carbocycles. The van der Waals surface area contributed by atoms with Gasteiger partial charge in [0.2, 0.25) is 0 Å². The number of aromatic nitrogens is 1. The summed E-state index contributed by atoms with van der Waals surface area (Å²) in [6.07, 6.45) is 3.61. The Morgan fingerprint density at radius 3 is 2.29 bits per heavy atom. The van der Waals surface area contributed by atoms with Gasteiger partial charge in [-0.15, -0.1) is 0 Å². The van der Waals surface area contributed by atoms with Crippen molar-refractivity contribution in [2.45, 2.75) is 6.54 Å². The first kappa shape index (κ1) is 13.9. The number of hydrogen-bond acceptors (Lipinski definition) is 4. The maximum Gasteiger partial charge on any atom is 0.0400 e. The second-order valence-electron chi connectivity index (χ2n) is 5.55. The van der Waals surface area contributed by atoms with Crippen molar-refractivity contribution in [2.24, 2.45) is 0 Å². The molecule has 21 heavy (non-hydrogen) atoms. The molecule has 0 aliphatic carbocycles. The molecule has 0 unspecified atom stereocenters. The van der Waals surface area contributed by atoms with Gasteiger partial charge in [-0.25, -0.2) is 0 Å². The molecule has 2 aromatic rings. The van der Waals surface area contributed by atoms with Gasteiger partial charge in [-0.3, -0.25) is 4.98 Å². The third-order valence-electron chi connectivity index (χ3n) is 3.98. The monoisotopic (exact) mass is 282 g/mol. The zero-order valence-electron chi connectivity index (χ0n) is 12.5. The average Bonchev–Trinajstić information content (AvgIpc) is 2.55. The van der Waals surface area contributed by atoms with Crippen molar-refractivity contribution in [3.8, 4) is 0 Å². The van der Waals surface area contributed by atoms with Gasteiger partial charge in [0.25, 0.3) is 0 Å². The van der Waals surface area contributed by atoms with Crippen LogP contribution >= 0.6 is 0 Å². The van der Waals surface area contributed by atoms with Crippen LogP contribution in [0.5, 0.6) is 0 Å². The summed E-state index contributed by atoms with van der Waals surface area (Å²) >= 11 is 0. The number of pyridine rings is 1. The van der Waals surface area contributed by atoms with E-state index in [-0.39, 0.29) is 0 Å². The van der Waals surface area contributed by atoms with E-state index in [1.165, 1.54) is 11.3 Å². The molecule has 2 heterocycles. The van der Waals surface area contributed by atoms with Crippen LogP contribution in [-0.2, 0) is 6.54 Å². The third-order valence-corrected chi connectivity index (χ3v) is 3.98. The third kappa shape index (κ3) is 3.73. The molecule has 1 aliphatic heterocycles. The van der Waals surface area contributed by atoms with Crippen molar-refractivity contribution in [2.75, 3.05) is 43.4 Å². The first-order valence-corrected chi connectivity index (χ1v) is 7.47. The molecule has 0 spiro atoms. The van der Waals surface area contributed by atoms with Crippen molar-refractivity contribution in [1.82, 2.24) is 9.88 Å². The van der Waals surface area contributed by atoms with E-state index in [0.717, 1.165) is 38.4 Å². The van der Waals surface area contributed by atoms with Crippen molar-refractivity contribution in [1.29, 1.82) is 0 Å². The van der Waals surface area contributed by atoms with E-state index in [0.29, 0.717) is 0 Å². The zero-order chi connectivity index (χ0) is 14.5. The Morgan fingerprint density at radius 2 is 1.62 bits per heavy atom. The summed E-state index contributed by atoms with van der Waals surface area (Å²) in [5.41, 5.74) is 3.73. The minimum atomic E-state index is 0.840. The van der Waals surface area contributed by atoms with Gasteiger partial charge in [-0.1, -0.05) is 12.1 Å². The predicted molar refractivity (Wildman–Crippen MR) is 87.7 cm³/mol. The van der Waals surface area contributed by atoms with Gasteiger partial charge in [-0.05, 0) is 36.9 Å². The van der Waals surface area contributed by atoms with Gasteiger partial charge >= 0.3 is 0 Å². The van der Waals surface area contributed by atoms with Gasteiger partial charge in [0.1, 0.15) is 0 Å². The lowest BCUT2D eigenvalue weighted by atomic mass is 10.1. The summed E-state index contributed by atoms with van der Waals surface area (Å²) in [5, 5.41) is 3.41. The Bertz CT molecular complexity index is 545. The standard InChI is InChI=1S/C17H22N4/c1-20-10-12-21(13-11-20)17-4-2-15(3-5-17)14-19-16-6-8-18-9-7-16/h2-9H,10-14H2,1H3,(H,18,19). The Kier molecular flexibility index (Phi) is 4.36. The molecule has 1 saturated heterocycles. The van der Waals surface area contributed by atoms with E-state index in [4.69, 9.17) is 0 Å². The van der Waals surface area contributed by atoms with Gasteiger partial charge in [0.15, 0.2) is 0 Å². The van der Waals surface area contributed by atoms with Gasteiger partial charge in [0.05, 0.1) is 0 Å². The maximum atomic E-state index is 4.02. The highest BCUT2D eigenvalue weighted by atomic mass is 15.2. The minimum Gasteiger partial charge on any atom is -0.381 e. The predicted octanol–water partition coefficient (Wildman–Crippen LogP) is 2.45. The highest BCUT2D eigenvalue weighted by Gasteiger charge is 2.13. The molecule has 0 bridgehead atoms. The van der Waals surface area contributed by atoms with E-state index < -0.39 is 0 Å². The summed E-state index contributed by atoms with van der Waals surface area (Å²) in [5.74, 6) is 0. The molecule has 4 heteroatoms. The maximum absolute atomic E-state index is 4.02. The highest BCUT2D eigenvalue weighted by molar-refractivity contribution is 5.49. The fraction of sp³-hybridized carbons (Fsp3) is 0.353. The minimum absolute atomic E-state index is 0.840. The lowest BCUT2D eigenvalue weighted by molar-refractivity contribution is 0.313. The number of piperazine rings is 1. The summed E-state index contributed by atoms with van der Waals surface area (Å²) in [4.78, 5) is 8.86. The molecule has 0 atom stereocenters. The fourth-order valence-electron chi connectivity index (χ4n) is 2.56. The van der Waals surface area contributed by atoms with Gasteiger partial charge in [-0.2, -0.15) is 0 Å². The normalized spacial score (nSPS) is 16.0. The molecule has 1 N–H and O–H groups in total. The first-order valence-electron chi connectivity index (χ1n) is 7.47. The molecule has 0 amide bonds. The highest BCUT2D eigenvalue weighted by Crippen LogP contribution is 2.17. The van der Waals surface area contributed by atoms with Crippen LogP contribution in [0.2, 0.25) is 0 Å². The quantitative estimate of drug-likeness (QED) is 0.933. The van der Waals surface area contributed by atoms with Crippen LogP contribution in [0.3, 0.4) is 0 Å². The molecule has 4 nitrogen and oxygen atoms in total. The molecular weight excluding hydrogens is 260 g/mol. The van der Waals surface area contributed by atoms with Crippen molar-refractivity contribution >= 4 is 11.4 Å². The van der Waals surface area contributed by atoms with Crippen LogP contribution in [0.1, 0.15) is 5.56 Å². The van der Waals surface area contributed by atoms with Crippen LogP contribution < -0.4 is 10.2 Å². The smallest absolute Gasteiger partial charge is 0.0400 e. The van der Waals surface area contributed by atoms with Crippen molar-refractivity contribution in [3.05, 3.63) is 54.4 Å². The SMILES string of the molecule is CN1CCN(c2ccc(CNc3ccncc3)cc2)CC1. The number of nitrogens with one attached hydrogen (secondary N) is 1. The molecule has 1 aliphatic rings. The number of anilines is 2. The molecule has 1 fully saturated rings. The number of benzene rings is 1. The Hall–Kier alpha value is -2.07. The van der Waals surface area contributed by atoms with Crippen LogP contribution in [0.25, 0.3) is 0 Å². The summed E-state index contributed by atoms with van der Waals surface area (Å²) in [7, 11) is 2.19. The molecular formula is C17H22N4. The summed E-state index contributed by atoms with van der Waals surface area (Å²) < 4.78 is 0. The lowest BCUT2D eigenvalue weighted by Crippen LogP contribution is -2.44. The number of likely N-dealkylation sites (N-methyl/N-ethyl adjacent to an activating group) is 1. The lowest BCUT2D eigenvalue weighted by Gasteiger charge is -2.34. The largest absolute Gasteiger partial charge is 0.381 e. The second kappa shape index (κ2) is 6.59. The van der Waals surface area contributed by atoms with E-state index in [1.807, 2.05) is 12.1 Å².